The molecule has 0 aliphatic rings. The third-order valence-corrected chi connectivity index (χ3v) is 2.62. The molecule has 0 saturated carbocycles. The van der Waals surface area contributed by atoms with Crippen LogP contribution in [0.15, 0.2) is 16.7 Å². The second kappa shape index (κ2) is 5.89. The second-order valence-electron chi connectivity index (χ2n) is 2.58. The molecule has 0 spiro atoms. The van der Waals surface area contributed by atoms with E-state index in [1.165, 1.54) is 0 Å². The summed E-state index contributed by atoms with van der Waals surface area (Å²) >= 11 is 5.03. The molecule has 0 bridgehead atoms. The van der Waals surface area contributed by atoms with E-state index in [4.69, 9.17) is 5.26 Å². The molecule has 0 aliphatic carbocycles. The minimum absolute atomic E-state index is 0.570. The maximum Gasteiger partial charge on any atom is 0.144 e. The third-order valence-electron chi connectivity index (χ3n) is 1.57. The Bertz CT molecular complexity index is 348. The Morgan fingerprint density at radius 3 is 3.14 bits per heavy atom. The number of nitrogens with one attached hydrogen (secondary N) is 1. The first-order valence-electron chi connectivity index (χ1n) is 4.06. The van der Waals surface area contributed by atoms with Crippen molar-refractivity contribution in [2.75, 3.05) is 23.9 Å². The molecule has 0 fully saturated rings. The largest absolute Gasteiger partial charge is 0.368 e. The number of rotatable bonds is 4. The van der Waals surface area contributed by atoms with Crippen LogP contribution in [0.2, 0.25) is 0 Å². The van der Waals surface area contributed by atoms with Gasteiger partial charge in [-0.05, 0) is 28.3 Å². The Morgan fingerprint density at radius 1 is 1.71 bits per heavy atom. The molecular formula is C9H10BrN3S. The lowest BCUT2D eigenvalue weighted by atomic mass is 10.3. The van der Waals surface area contributed by atoms with Crippen molar-refractivity contribution in [1.82, 2.24) is 4.98 Å². The molecule has 0 radical (unpaired) electrons. The highest BCUT2D eigenvalue weighted by Gasteiger charge is 2.02. The summed E-state index contributed by atoms with van der Waals surface area (Å²) in [7, 11) is 0. The molecule has 1 heterocycles. The fourth-order valence-electron chi connectivity index (χ4n) is 0.937. The first kappa shape index (κ1) is 11.3. The average Bonchev–Trinajstić information content (AvgIpc) is 2.20. The van der Waals surface area contributed by atoms with Gasteiger partial charge in [0.1, 0.15) is 11.9 Å². The fraction of sp³-hybridized carbons (Fsp3) is 0.333. The third kappa shape index (κ3) is 3.20. The standard InChI is InChI=1S/C9H10BrN3S/c1-14-3-2-12-9-7(5-11)4-8(10)6-13-9/h4,6H,2-3H2,1H3,(H,12,13). The van der Waals surface area contributed by atoms with E-state index in [0.29, 0.717) is 11.4 Å². The topological polar surface area (TPSA) is 48.7 Å². The first-order valence-corrected chi connectivity index (χ1v) is 6.25. The summed E-state index contributed by atoms with van der Waals surface area (Å²) in [6.45, 7) is 0.824. The van der Waals surface area contributed by atoms with Gasteiger partial charge in [-0.3, -0.25) is 0 Å². The van der Waals surface area contributed by atoms with Gasteiger partial charge < -0.3 is 5.32 Å². The minimum Gasteiger partial charge on any atom is -0.368 e. The van der Waals surface area contributed by atoms with Gasteiger partial charge >= 0.3 is 0 Å². The molecule has 0 unspecified atom stereocenters. The number of halogens is 1. The molecule has 1 aromatic heterocycles. The van der Waals surface area contributed by atoms with E-state index in [1.54, 1.807) is 24.0 Å². The number of anilines is 1. The van der Waals surface area contributed by atoms with Gasteiger partial charge in [-0.25, -0.2) is 4.98 Å². The van der Waals surface area contributed by atoms with Crippen LogP contribution >= 0.6 is 27.7 Å². The number of pyridine rings is 1. The van der Waals surface area contributed by atoms with Gasteiger partial charge in [0.05, 0.1) is 5.56 Å². The maximum absolute atomic E-state index is 8.84. The predicted octanol–water partition coefficient (Wildman–Crippen LogP) is 2.49. The summed E-state index contributed by atoms with van der Waals surface area (Å²) in [5.41, 5.74) is 0.570. The van der Waals surface area contributed by atoms with Crippen LogP contribution in [0.1, 0.15) is 5.56 Å². The van der Waals surface area contributed by atoms with Crippen LogP contribution in [-0.2, 0) is 0 Å². The summed E-state index contributed by atoms with van der Waals surface area (Å²) in [4.78, 5) is 4.13. The molecule has 5 heteroatoms. The quantitative estimate of drug-likeness (QED) is 0.855. The van der Waals surface area contributed by atoms with E-state index >= 15 is 0 Å². The smallest absolute Gasteiger partial charge is 0.144 e. The Labute approximate surface area is 96.0 Å². The normalized spacial score (nSPS) is 9.50. The van der Waals surface area contributed by atoms with E-state index in [2.05, 4.69) is 32.3 Å². The Morgan fingerprint density at radius 2 is 2.50 bits per heavy atom. The van der Waals surface area contributed by atoms with Crippen molar-refractivity contribution in [3.8, 4) is 6.07 Å². The summed E-state index contributed by atoms with van der Waals surface area (Å²) in [5.74, 6) is 1.66. The molecule has 0 aromatic carbocycles. The highest BCUT2D eigenvalue weighted by molar-refractivity contribution is 9.10. The zero-order chi connectivity index (χ0) is 10.4. The lowest BCUT2D eigenvalue weighted by Gasteiger charge is -2.05. The molecule has 1 aromatic rings. The predicted molar refractivity (Wildman–Crippen MR) is 63.5 cm³/mol. The maximum atomic E-state index is 8.84. The zero-order valence-electron chi connectivity index (χ0n) is 7.75. The van der Waals surface area contributed by atoms with E-state index in [0.717, 1.165) is 16.8 Å². The monoisotopic (exact) mass is 271 g/mol. The number of nitrogens with zero attached hydrogens (tertiary/aromatic N) is 2. The van der Waals surface area contributed by atoms with Crippen molar-refractivity contribution in [3.05, 3.63) is 22.3 Å². The number of aromatic nitrogens is 1. The summed E-state index contributed by atoms with van der Waals surface area (Å²) < 4.78 is 0.824. The number of nitriles is 1. The molecule has 0 amide bonds. The van der Waals surface area contributed by atoms with Gasteiger partial charge in [0.2, 0.25) is 0 Å². The summed E-state index contributed by atoms with van der Waals surface area (Å²) in [5, 5.41) is 12.0. The Balaban J connectivity index is 2.72. The summed E-state index contributed by atoms with van der Waals surface area (Å²) in [6.07, 6.45) is 3.73. The van der Waals surface area contributed by atoms with E-state index in [-0.39, 0.29) is 0 Å². The van der Waals surface area contributed by atoms with Crippen molar-refractivity contribution in [3.63, 3.8) is 0 Å². The Kier molecular flexibility index (Phi) is 4.77. The lowest BCUT2D eigenvalue weighted by Crippen LogP contribution is -2.06. The summed E-state index contributed by atoms with van der Waals surface area (Å²) in [6, 6.07) is 3.86. The van der Waals surface area contributed by atoms with Crippen molar-refractivity contribution in [1.29, 1.82) is 5.26 Å². The van der Waals surface area contributed by atoms with Gasteiger partial charge in [0.25, 0.3) is 0 Å². The second-order valence-corrected chi connectivity index (χ2v) is 4.48. The molecule has 0 saturated heterocycles. The highest BCUT2D eigenvalue weighted by Crippen LogP contribution is 2.16. The van der Waals surface area contributed by atoms with Gasteiger partial charge in [-0.15, -0.1) is 0 Å². The van der Waals surface area contributed by atoms with Gasteiger partial charge in [0.15, 0.2) is 0 Å². The SMILES string of the molecule is CSCCNc1ncc(Br)cc1C#N. The molecule has 14 heavy (non-hydrogen) atoms. The van der Waals surface area contributed by atoms with Crippen LogP contribution in [0.25, 0.3) is 0 Å². The van der Waals surface area contributed by atoms with Gasteiger partial charge in [0, 0.05) is 23.0 Å². The van der Waals surface area contributed by atoms with Crippen LogP contribution in [-0.4, -0.2) is 23.5 Å². The van der Waals surface area contributed by atoms with Crippen LogP contribution in [0.5, 0.6) is 0 Å². The molecule has 3 nitrogen and oxygen atoms in total. The molecule has 1 N–H and O–H groups in total. The molecule has 74 valence electrons. The van der Waals surface area contributed by atoms with Crippen molar-refractivity contribution in [2.24, 2.45) is 0 Å². The zero-order valence-corrected chi connectivity index (χ0v) is 10.2. The van der Waals surface area contributed by atoms with E-state index in [1.807, 2.05) is 6.26 Å². The molecule has 0 atom stereocenters. The minimum atomic E-state index is 0.570. The van der Waals surface area contributed by atoms with Gasteiger partial charge in [-0.1, -0.05) is 0 Å². The van der Waals surface area contributed by atoms with Crippen molar-refractivity contribution >= 4 is 33.5 Å². The van der Waals surface area contributed by atoms with Crippen molar-refractivity contribution < 1.29 is 0 Å². The average molecular weight is 272 g/mol. The fourth-order valence-corrected chi connectivity index (χ4v) is 1.57. The van der Waals surface area contributed by atoms with Crippen LogP contribution in [0.4, 0.5) is 5.82 Å². The lowest BCUT2D eigenvalue weighted by molar-refractivity contribution is 1.16. The number of hydrogen-bond acceptors (Lipinski definition) is 4. The molecule has 1 rings (SSSR count). The molecule has 0 aliphatic heterocycles. The number of thioether (sulfide) groups is 1. The van der Waals surface area contributed by atoms with Crippen molar-refractivity contribution in [2.45, 2.75) is 0 Å². The number of hydrogen-bond donors (Lipinski definition) is 1. The van der Waals surface area contributed by atoms with Crippen LogP contribution < -0.4 is 5.32 Å². The molecular weight excluding hydrogens is 262 g/mol. The van der Waals surface area contributed by atoms with E-state index < -0.39 is 0 Å². The highest BCUT2D eigenvalue weighted by atomic mass is 79.9. The first-order chi connectivity index (χ1) is 6.77. The van der Waals surface area contributed by atoms with Gasteiger partial charge in [-0.2, -0.15) is 17.0 Å². The van der Waals surface area contributed by atoms with Crippen LogP contribution in [0.3, 0.4) is 0 Å². The van der Waals surface area contributed by atoms with Crippen LogP contribution in [0, 0.1) is 11.3 Å². The Hall–Kier alpha value is -0.730. The van der Waals surface area contributed by atoms with E-state index in [9.17, 15) is 0 Å².